The van der Waals surface area contributed by atoms with E-state index in [1.54, 1.807) is 6.20 Å². The zero-order valence-electron chi connectivity index (χ0n) is 8.66. The molecule has 1 aromatic heterocycles. The van der Waals surface area contributed by atoms with Crippen molar-refractivity contribution in [2.75, 3.05) is 12.4 Å². The summed E-state index contributed by atoms with van der Waals surface area (Å²) in [7, 11) is 0. The smallest absolute Gasteiger partial charge is 0.220 e. The number of rotatable bonds is 7. The summed E-state index contributed by atoms with van der Waals surface area (Å²) in [6.45, 7) is 1.53. The molecule has 0 aliphatic carbocycles. The summed E-state index contributed by atoms with van der Waals surface area (Å²) in [6, 6.07) is 1.89. The third kappa shape index (κ3) is 5.42. The Morgan fingerprint density at radius 2 is 2.33 bits per heavy atom. The molecule has 84 valence electrons. The number of halogens is 1. The fourth-order valence-electron chi connectivity index (χ4n) is 1.22. The number of carbonyl (C=O) groups excluding carboxylic acids is 1. The van der Waals surface area contributed by atoms with Crippen LogP contribution in [0.3, 0.4) is 0 Å². The Kier molecular flexibility index (Phi) is 5.85. The molecule has 0 bridgehead atoms. The molecule has 15 heavy (non-hydrogen) atoms. The normalized spacial score (nSPS) is 10.2. The number of aromatic nitrogens is 2. The van der Waals surface area contributed by atoms with E-state index in [2.05, 4.69) is 10.4 Å². The summed E-state index contributed by atoms with van der Waals surface area (Å²) >= 11 is 5.48. The van der Waals surface area contributed by atoms with E-state index in [0.717, 1.165) is 19.4 Å². The van der Waals surface area contributed by atoms with Gasteiger partial charge in [0.05, 0.1) is 0 Å². The molecule has 0 aromatic carbocycles. The predicted molar refractivity (Wildman–Crippen MR) is 59.8 cm³/mol. The van der Waals surface area contributed by atoms with Gasteiger partial charge in [0.25, 0.3) is 0 Å². The number of hydrogen-bond donors (Lipinski definition) is 1. The molecule has 1 rings (SSSR count). The third-order valence-corrected chi connectivity index (χ3v) is 2.25. The Bertz CT molecular complexity index is 274. The van der Waals surface area contributed by atoms with E-state index in [1.807, 2.05) is 16.9 Å². The second-order valence-corrected chi connectivity index (χ2v) is 3.64. The summed E-state index contributed by atoms with van der Waals surface area (Å²) in [6.07, 6.45) is 5.82. The van der Waals surface area contributed by atoms with Gasteiger partial charge in [0, 0.05) is 37.8 Å². The largest absolute Gasteiger partial charge is 0.356 e. The Morgan fingerprint density at radius 3 is 3.00 bits per heavy atom. The first-order valence-electron chi connectivity index (χ1n) is 5.13. The van der Waals surface area contributed by atoms with E-state index in [-0.39, 0.29) is 5.91 Å². The van der Waals surface area contributed by atoms with Crippen molar-refractivity contribution >= 4 is 17.5 Å². The standard InChI is InChI=1S/C10H16ClN3O/c11-5-1-4-10(15)12-6-2-8-14-9-3-7-13-14/h3,7,9H,1-2,4-6,8H2,(H,12,15). The Hall–Kier alpha value is -1.03. The lowest BCUT2D eigenvalue weighted by atomic mass is 10.3. The topological polar surface area (TPSA) is 46.9 Å². The zero-order chi connectivity index (χ0) is 10.9. The number of carbonyl (C=O) groups is 1. The van der Waals surface area contributed by atoms with Crippen LogP contribution < -0.4 is 5.32 Å². The van der Waals surface area contributed by atoms with Crippen molar-refractivity contribution in [3.63, 3.8) is 0 Å². The summed E-state index contributed by atoms with van der Waals surface area (Å²) in [5.74, 6) is 0.622. The maximum atomic E-state index is 11.2. The zero-order valence-corrected chi connectivity index (χ0v) is 9.41. The van der Waals surface area contributed by atoms with Crippen molar-refractivity contribution in [2.24, 2.45) is 0 Å². The minimum atomic E-state index is 0.0797. The summed E-state index contributed by atoms with van der Waals surface area (Å²) < 4.78 is 1.85. The van der Waals surface area contributed by atoms with Crippen LogP contribution >= 0.6 is 11.6 Å². The summed E-state index contributed by atoms with van der Waals surface area (Å²) in [5.41, 5.74) is 0. The first-order valence-corrected chi connectivity index (χ1v) is 5.66. The molecule has 0 atom stereocenters. The van der Waals surface area contributed by atoms with E-state index >= 15 is 0 Å². The van der Waals surface area contributed by atoms with E-state index in [0.29, 0.717) is 18.8 Å². The van der Waals surface area contributed by atoms with Gasteiger partial charge in [0.2, 0.25) is 5.91 Å². The van der Waals surface area contributed by atoms with Gasteiger partial charge in [-0.15, -0.1) is 11.6 Å². The highest BCUT2D eigenvalue weighted by molar-refractivity contribution is 6.17. The molecule has 1 heterocycles. The van der Waals surface area contributed by atoms with E-state index in [9.17, 15) is 4.79 Å². The lowest BCUT2D eigenvalue weighted by Gasteiger charge is -2.04. The molecule has 0 saturated carbocycles. The average Bonchev–Trinajstić information content (AvgIpc) is 2.74. The fraction of sp³-hybridized carbons (Fsp3) is 0.600. The molecule has 0 radical (unpaired) electrons. The molecule has 0 aliphatic rings. The van der Waals surface area contributed by atoms with Gasteiger partial charge < -0.3 is 5.32 Å². The van der Waals surface area contributed by atoms with Gasteiger partial charge in [-0.1, -0.05) is 0 Å². The van der Waals surface area contributed by atoms with Crippen LogP contribution in [0.2, 0.25) is 0 Å². The van der Waals surface area contributed by atoms with Crippen LogP contribution in [0.1, 0.15) is 19.3 Å². The highest BCUT2D eigenvalue weighted by Gasteiger charge is 1.99. The first kappa shape index (κ1) is 12.0. The minimum absolute atomic E-state index is 0.0797. The molecule has 1 aromatic rings. The third-order valence-electron chi connectivity index (χ3n) is 1.98. The van der Waals surface area contributed by atoms with Crippen LogP contribution in [0.25, 0.3) is 0 Å². The molecule has 0 aliphatic heterocycles. The van der Waals surface area contributed by atoms with Gasteiger partial charge in [-0.3, -0.25) is 9.48 Å². The monoisotopic (exact) mass is 229 g/mol. The average molecular weight is 230 g/mol. The van der Waals surface area contributed by atoms with Crippen molar-refractivity contribution in [2.45, 2.75) is 25.8 Å². The molecule has 0 fully saturated rings. The Morgan fingerprint density at radius 1 is 1.47 bits per heavy atom. The summed E-state index contributed by atoms with van der Waals surface area (Å²) in [5, 5.41) is 6.91. The van der Waals surface area contributed by atoms with Gasteiger partial charge in [-0.25, -0.2) is 0 Å². The summed E-state index contributed by atoms with van der Waals surface area (Å²) in [4.78, 5) is 11.2. The molecule has 1 amide bonds. The number of hydrogen-bond acceptors (Lipinski definition) is 2. The van der Waals surface area contributed by atoms with Gasteiger partial charge in [-0.05, 0) is 18.9 Å². The molecule has 0 saturated heterocycles. The van der Waals surface area contributed by atoms with Crippen molar-refractivity contribution in [1.29, 1.82) is 0 Å². The van der Waals surface area contributed by atoms with Crippen molar-refractivity contribution in [1.82, 2.24) is 15.1 Å². The highest BCUT2D eigenvalue weighted by atomic mass is 35.5. The number of nitrogens with one attached hydrogen (secondary N) is 1. The van der Waals surface area contributed by atoms with Crippen LogP contribution in [0.4, 0.5) is 0 Å². The molecular weight excluding hydrogens is 214 g/mol. The minimum Gasteiger partial charge on any atom is -0.356 e. The van der Waals surface area contributed by atoms with E-state index < -0.39 is 0 Å². The molecule has 4 nitrogen and oxygen atoms in total. The van der Waals surface area contributed by atoms with Crippen LogP contribution in [0, 0.1) is 0 Å². The van der Waals surface area contributed by atoms with Crippen molar-refractivity contribution in [3.05, 3.63) is 18.5 Å². The molecule has 0 spiro atoms. The van der Waals surface area contributed by atoms with Gasteiger partial charge in [0.1, 0.15) is 0 Å². The maximum absolute atomic E-state index is 11.2. The van der Waals surface area contributed by atoms with Crippen LogP contribution in [0.15, 0.2) is 18.5 Å². The Balaban J connectivity index is 1.99. The van der Waals surface area contributed by atoms with Crippen LogP contribution in [0.5, 0.6) is 0 Å². The van der Waals surface area contributed by atoms with Crippen LogP contribution in [-0.2, 0) is 11.3 Å². The maximum Gasteiger partial charge on any atom is 0.220 e. The van der Waals surface area contributed by atoms with Crippen molar-refractivity contribution < 1.29 is 4.79 Å². The lowest BCUT2D eigenvalue weighted by Crippen LogP contribution is -2.25. The highest BCUT2D eigenvalue weighted by Crippen LogP contribution is 1.92. The second-order valence-electron chi connectivity index (χ2n) is 3.27. The van der Waals surface area contributed by atoms with E-state index in [1.165, 1.54) is 0 Å². The van der Waals surface area contributed by atoms with Crippen molar-refractivity contribution in [3.8, 4) is 0 Å². The van der Waals surface area contributed by atoms with Gasteiger partial charge in [-0.2, -0.15) is 5.10 Å². The Labute approximate surface area is 94.6 Å². The molecular formula is C10H16ClN3O. The molecule has 1 N–H and O–H groups in total. The lowest BCUT2D eigenvalue weighted by molar-refractivity contribution is -0.121. The first-order chi connectivity index (χ1) is 7.33. The molecule has 0 unspecified atom stereocenters. The van der Waals surface area contributed by atoms with Gasteiger partial charge >= 0.3 is 0 Å². The fourth-order valence-corrected chi connectivity index (χ4v) is 1.35. The quantitative estimate of drug-likeness (QED) is 0.568. The SMILES string of the molecule is O=C(CCCCl)NCCCn1cccn1. The second kappa shape index (κ2) is 7.29. The predicted octanol–water partition coefficient (Wildman–Crippen LogP) is 1.41. The van der Waals surface area contributed by atoms with Crippen LogP contribution in [-0.4, -0.2) is 28.1 Å². The number of alkyl halides is 1. The number of amides is 1. The number of nitrogens with zero attached hydrogens (tertiary/aromatic N) is 2. The number of aryl methyl sites for hydroxylation is 1. The molecule has 5 heteroatoms. The van der Waals surface area contributed by atoms with E-state index in [4.69, 9.17) is 11.6 Å². The van der Waals surface area contributed by atoms with Gasteiger partial charge in [0.15, 0.2) is 0 Å².